The molecule has 1 N–H and O–H groups in total. The Morgan fingerprint density at radius 1 is 1.27 bits per heavy atom. The molecule has 5 rings (SSSR count). The van der Waals surface area contributed by atoms with Gasteiger partial charge in [0.1, 0.15) is 18.5 Å². The van der Waals surface area contributed by atoms with Gasteiger partial charge in [-0.2, -0.15) is 0 Å². The standard InChI is InChI=1S/C21H23N3O2/c1-4-19-20(23-5-1)10-15(16-9-17-3-2-7-24(17)13-16)11-21(19)26-14-18-12-22-6-8-25-18/h1,4-5,9-11,13,18,22H,2-3,6-8,12,14H2/t18-/m0/s1. The van der Waals surface area contributed by atoms with Gasteiger partial charge in [-0.3, -0.25) is 4.98 Å². The Balaban J connectivity index is 1.48. The van der Waals surface area contributed by atoms with Crippen LogP contribution in [-0.2, 0) is 17.7 Å². The third kappa shape index (κ3) is 2.97. The summed E-state index contributed by atoms with van der Waals surface area (Å²) in [5.41, 5.74) is 4.79. The van der Waals surface area contributed by atoms with E-state index >= 15 is 0 Å². The highest BCUT2D eigenvalue weighted by Gasteiger charge is 2.17. The molecular formula is C21H23N3O2. The molecule has 2 aromatic heterocycles. The molecule has 26 heavy (non-hydrogen) atoms. The van der Waals surface area contributed by atoms with Crippen LogP contribution < -0.4 is 10.1 Å². The van der Waals surface area contributed by atoms with E-state index in [9.17, 15) is 0 Å². The predicted molar refractivity (Wildman–Crippen MR) is 102 cm³/mol. The summed E-state index contributed by atoms with van der Waals surface area (Å²) in [5.74, 6) is 0.881. The summed E-state index contributed by atoms with van der Waals surface area (Å²) in [6, 6.07) is 10.6. The number of hydrogen-bond acceptors (Lipinski definition) is 4. The lowest BCUT2D eigenvalue weighted by Crippen LogP contribution is -2.41. The Morgan fingerprint density at radius 3 is 3.15 bits per heavy atom. The van der Waals surface area contributed by atoms with Crippen molar-refractivity contribution in [3.8, 4) is 16.9 Å². The molecule has 134 valence electrons. The number of aryl methyl sites for hydroxylation is 2. The molecule has 1 aromatic carbocycles. The lowest BCUT2D eigenvalue weighted by atomic mass is 10.0. The number of aromatic nitrogens is 2. The van der Waals surface area contributed by atoms with Gasteiger partial charge in [0.2, 0.25) is 0 Å². The van der Waals surface area contributed by atoms with Crippen LogP contribution in [0.15, 0.2) is 42.7 Å². The number of morpholine rings is 1. The number of pyridine rings is 1. The van der Waals surface area contributed by atoms with Crippen molar-refractivity contribution < 1.29 is 9.47 Å². The molecule has 0 bridgehead atoms. The molecule has 0 amide bonds. The number of ether oxygens (including phenoxy) is 2. The van der Waals surface area contributed by atoms with E-state index in [1.165, 1.54) is 24.1 Å². The van der Waals surface area contributed by atoms with Gasteiger partial charge in [-0.15, -0.1) is 0 Å². The molecule has 0 unspecified atom stereocenters. The molecule has 2 aliphatic heterocycles. The zero-order valence-electron chi connectivity index (χ0n) is 14.8. The van der Waals surface area contributed by atoms with Crippen LogP contribution >= 0.6 is 0 Å². The Hall–Kier alpha value is -2.37. The SMILES string of the molecule is c1cnc2cc(-c3cc4n(c3)CCC4)cc(OC[C@@H]3CNCCO3)c2c1. The fourth-order valence-electron chi connectivity index (χ4n) is 3.91. The number of hydrogen-bond donors (Lipinski definition) is 1. The first kappa shape index (κ1) is 15.9. The van der Waals surface area contributed by atoms with Gasteiger partial charge in [0.25, 0.3) is 0 Å². The van der Waals surface area contributed by atoms with Gasteiger partial charge in [-0.1, -0.05) is 0 Å². The maximum absolute atomic E-state index is 6.19. The molecule has 5 heteroatoms. The summed E-state index contributed by atoms with van der Waals surface area (Å²) in [6.07, 6.45) is 6.60. The second-order valence-electron chi connectivity index (χ2n) is 7.07. The number of rotatable bonds is 4. The van der Waals surface area contributed by atoms with Crippen molar-refractivity contribution in [3.05, 3.63) is 48.4 Å². The summed E-state index contributed by atoms with van der Waals surface area (Å²) in [4.78, 5) is 4.56. The van der Waals surface area contributed by atoms with Crippen molar-refractivity contribution in [2.24, 2.45) is 0 Å². The second-order valence-corrected chi connectivity index (χ2v) is 7.07. The van der Waals surface area contributed by atoms with Crippen molar-refractivity contribution in [2.45, 2.75) is 25.5 Å². The molecule has 5 nitrogen and oxygen atoms in total. The second kappa shape index (κ2) is 6.74. The predicted octanol–water partition coefficient (Wildman–Crippen LogP) is 3.02. The Morgan fingerprint density at radius 2 is 2.27 bits per heavy atom. The minimum Gasteiger partial charge on any atom is -0.490 e. The molecular weight excluding hydrogens is 326 g/mol. The summed E-state index contributed by atoms with van der Waals surface area (Å²) < 4.78 is 14.3. The summed E-state index contributed by atoms with van der Waals surface area (Å²) in [5, 5.41) is 4.40. The lowest BCUT2D eigenvalue weighted by Gasteiger charge is -2.24. The Labute approximate surface area is 152 Å². The smallest absolute Gasteiger partial charge is 0.129 e. The van der Waals surface area contributed by atoms with Gasteiger partial charge in [-0.25, -0.2) is 0 Å². The van der Waals surface area contributed by atoms with E-state index < -0.39 is 0 Å². The molecule has 0 radical (unpaired) electrons. The van der Waals surface area contributed by atoms with E-state index in [2.05, 4.69) is 45.3 Å². The lowest BCUT2D eigenvalue weighted by molar-refractivity contribution is 0.000518. The van der Waals surface area contributed by atoms with Crippen LogP contribution in [0.5, 0.6) is 5.75 Å². The van der Waals surface area contributed by atoms with E-state index in [1.54, 1.807) is 0 Å². The third-order valence-electron chi connectivity index (χ3n) is 5.26. The number of nitrogens with one attached hydrogen (secondary N) is 1. The first-order valence-electron chi connectivity index (χ1n) is 9.40. The summed E-state index contributed by atoms with van der Waals surface area (Å²) in [7, 11) is 0. The molecule has 1 saturated heterocycles. The quantitative estimate of drug-likeness (QED) is 0.787. The third-order valence-corrected chi connectivity index (χ3v) is 5.26. The van der Waals surface area contributed by atoms with Crippen molar-refractivity contribution >= 4 is 10.9 Å². The topological polar surface area (TPSA) is 48.3 Å². The van der Waals surface area contributed by atoms with Crippen LogP contribution in [0.25, 0.3) is 22.0 Å². The van der Waals surface area contributed by atoms with Gasteiger partial charge in [0, 0.05) is 43.1 Å². The minimum absolute atomic E-state index is 0.0948. The summed E-state index contributed by atoms with van der Waals surface area (Å²) >= 11 is 0. The van der Waals surface area contributed by atoms with Gasteiger partial charge >= 0.3 is 0 Å². The molecule has 0 saturated carbocycles. The van der Waals surface area contributed by atoms with Crippen LogP contribution in [0.3, 0.4) is 0 Å². The monoisotopic (exact) mass is 349 g/mol. The van der Waals surface area contributed by atoms with E-state index in [0.717, 1.165) is 48.5 Å². The van der Waals surface area contributed by atoms with Crippen molar-refractivity contribution in [2.75, 3.05) is 26.3 Å². The number of benzene rings is 1. The first-order chi connectivity index (χ1) is 12.9. The van der Waals surface area contributed by atoms with Crippen molar-refractivity contribution in [1.29, 1.82) is 0 Å². The zero-order valence-corrected chi connectivity index (χ0v) is 14.8. The van der Waals surface area contributed by atoms with Crippen LogP contribution in [0, 0.1) is 0 Å². The van der Waals surface area contributed by atoms with Crippen LogP contribution in [-0.4, -0.2) is 42.0 Å². The number of fused-ring (bicyclic) bond motifs is 2. The summed E-state index contributed by atoms with van der Waals surface area (Å²) in [6.45, 7) is 4.16. The molecule has 4 heterocycles. The maximum Gasteiger partial charge on any atom is 0.129 e. The number of nitrogens with zero attached hydrogens (tertiary/aromatic N) is 2. The van der Waals surface area contributed by atoms with Gasteiger partial charge in [0.05, 0.1) is 12.1 Å². The molecule has 3 aromatic rings. The Bertz CT molecular complexity index is 907. The fraction of sp³-hybridized carbons (Fsp3) is 0.381. The molecule has 0 spiro atoms. The largest absolute Gasteiger partial charge is 0.490 e. The van der Waals surface area contributed by atoms with Gasteiger partial charge in [-0.05, 0) is 54.3 Å². The van der Waals surface area contributed by atoms with Crippen LogP contribution in [0.1, 0.15) is 12.1 Å². The van der Waals surface area contributed by atoms with E-state index in [0.29, 0.717) is 6.61 Å². The van der Waals surface area contributed by atoms with Gasteiger partial charge < -0.3 is 19.4 Å². The Kier molecular flexibility index (Phi) is 4.11. The fourth-order valence-corrected chi connectivity index (χ4v) is 3.91. The van der Waals surface area contributed by atoms with Crippen molar-refractivity contribution in [1.82, 2.24) is 14.9 Å². The average Bonchev–Trinajstić information content (AvgIpc) is 3.29. The highest BCUT2D eigenvalue weighted by molar-refractivity contribution is 5.90. The van der Waals surface area contributed by atoms with Crippen LogP contribution in [0.2, 0.25) is 0 Å². The minimum atomic E-state index is 0.0948. The molecule has 1 atom stereocenters. The molecule has 2 aliphatic rings. The van der Waals surface area contributed by atoms with E-state index in [1.807, 2.05) is 12.3 Å². The molecule has 1 fully saturated rings. The zero-order chi connectivity index (χ0) is 17.3. The van der Waals surface area contributed by atoms with Crippen molar-refractivity contribution in [3.63, 3.8) is 0 Å². The van der Waals surface area contributed by atoms with Crippen LogP contribution in [0.4, 0.5) is 0 Å². The average molecular weight is 349 g/mol. The highest BCUT2D eigenvalue weighted by Crippen LogP contribution is 2.34. The molecule has 0 aliphatic carbocycles. The normalized spacial score (nSPS) is 19.6. The van der Waals surface area contributed by atoms with Gasteiger partial charge in [0.15, 0.2) is 0 Å². The van der Waals surface area contributed by atoms with E-state index in [4.69, 9.17) is 9.47 Å². The maximum atomic E-state index is 6.19. The van der Waals surface area contributed by atoms with E-state index in [-0.39, 0.29) is 6.10 Å². The first-order valence-corrected chi connectivity index (χ1v) is 9.40. The highest BCUT2D eigenvalue weighted by atomic mass is 16.5.